The number of nitrogens with zero attached hydrogens (tertiary/aromatic N) is 2. The lowest BCUT2D eigenvalue weighted by Gasteiger charge is -2.11. The molecule has 0 aromatic heterocycles. The van der Waals surface area contributed by atoms with Gasteiger partial charge in [0.05, 0.1) is 5.71 Å². The van der Waals surface area contributed by atoms with Gasteiger partial charge in [0.1, 0.15) is 11.6 Å². The van der Waals surface area contributed by atoms with Crippen LogP contribution in [0, 0.1) is 11.6 Å². The van der Waals surface area contributed by atoms with Gasteiger partial charge in [-0.25, -0.2) is 8.78 Å². The number of nitrogens with one attached hydrogen (secondary N) is 1. The quantitative estimate of drug-likeness (QED) is 0.856. The number of benzene rings is 1. The first-order valence-corrected chi connectivity index (χ1v) is 5.60. The lowest BCUT2D eigenvalue weighted by molar-refractivity contribution is 0.581. The van der Waals surface area contributed by atoms with E-state index < -0.39 is 11.6 Å². The maximum Gasteiger partial charge on any atom is 0.183 e. The van der Waals surface area contributed by atoms with Crippen molar-refractivity contribution in [2.45, 2.75) is 0 Å². The zero-order valence-corrected chi connectivity index (χ0v) is 10.5. The predicted octanol–water partition coefficient (Wildman–Crippen LogP) is 2.41. The van der Waals surface area contributed by atoms with Crippen LogP contribution in [0.2, 0.25) is 0 Å². The molecule has 0 saturated heterocycles. The molecule has 17 heavy (non-hydrogen) atoms. The Bertz CT molecular complexity index is 477. The van der Waals surface area contributed by atoms with Crippen LogP contribution >= 0.6 is 24.2 Å². The second kappa shape index (κ2) is 5.97. The van der Waals surface area contributed by atoms with Crippen LogP contribution < -0.4 is 5.32 Å². The van der Waals surface area contributed by atoms with Crippen molar-refractivity contribution < 1.29 is 8.78 Å². The van der Waals surface area contributed by atoms with Gasteiger partial charge in [0.25, 0.3) is 0 Å². The molecule has 2 rings (SSSR count). The van der Waals surface area contributed by atoms with Gasteiger partial charge >= 0.3 is 0 Å². The van der Waals surface area contributed by atoms with Crippen molar-refractivity contribution in [1.29, 1.82) is 0 Å². The third-order valence-electron chi connectivity index (χ3n) is 2.06. The Morgan fingerprint density at radius 1 is 1.29 bits per heavy atom. The lowest BCUT2D eigenvalue weighted by atomic mass is 10.1. The summed E-state index contributed by atoms with van der Waals surface area (Å²) < 4.78 is 26.1. The van der Waals surface area contributed by atoms with Gasteiger partial charge in [-0.3, -0.25) is 0 Å². The van der Waals surface area contributed by atoms with Gasteiger partial charge in [0, 0.05) is 24.4 Å². The summed E-state index contributed by atoms with van der Waals surface area (Å²) in [6, 6.07) is 3.44. The van der Waals surface area contributed by atoms with Crippen molar-refractivity contribution in [2.24, 2.45) is 10.2 Å². The van der Waals surface area contributed by atoms with Gasteiger partial charge in [0.2, 0.25) is 0 Å². The van der Waals surface area contributed by atoms with E-state index in [9.17, 15) is 8.78 Å². The van der Waals surface area contributed by atoms with E-state index >= 15 is 0 Å². The predicted molar refractivity (Wildman–Crippen MR) is 69.1 cm³/mol. The standard InChI is InChI=1S/C10H9F2N3S.ClH/c1-13-10-15-14-9(5-16-10)7-3-2-6(11)4-8(7)12;/h2-4H,5H2,1H3,(H,13,15);1H. The Labute approximate surface area is 108 Å². The minimum absolute atomic E-state index is 0. The average Bonchev–Trinajstić information content (AvgIpc) is 2.29. The van der Waals surface area contributed by atoms with Crippen LogP contribution in [0.5, 0.6) is 0 Å². The first-order chi connectivity index (χ1) is 7.70. The summed E-state index contributed by atoms with van der Waals surface area (Å²) >= 11 is 1.43. The Kier molecular flexibility index (Phi) is 4.89. The van der Waals surface area contributed by atoms with Crippen LogP contribution in [-0.4, -0.2) is 23.7 Å². The normalized spacial score (nSPS) is 14.5. The SMILES string of the molecule is CNC1=NN=C(c2ccc(F)cc2F)CS1.Cl. The molecule has 1 aromatic carbocycles. The molecule has 0 atom stereocenters. The zero-order valence-electron chi connectivity index (χ0n) is 8.91. The molecule has 0 unspecified atom stereocenters. The third-order valence-corrected chi connectivity index (χ3v) is 3.04. The molecule has 3 nitrogen and oxygen atoms in total. The average molecular weight is 278 g/mol. The maximum absolute atomic E-state index is 13.4. The number of hydrogen-bond acceptors (Lipinski definition) is 4. The molecular weight excluding hydrogens is 268 g/mol. The van der Waals surface area contributed by atoms with Crippen LogP contribution in [0.15, 0.2) is 28.4 Å². The van der Waals surface area contributed by atoms with Gasteiger partial charge < -0.3 is 5.32 Å². The summed E-state index contributed by atoms with van der Waals surface area (Å²) in [5.74, 6) is -0.686. The summed E-state index contributed by atoms with van der Waals surface area (Å²) in [5, 5.41) is 11.3. The highest BCUT2D eigenvalue weighted by molar-refractivity contribution is 8.14. The fourth-order valence-electron chi connectivity index (χ4n) is 1.28. The number of halogens is 3. The van der Waals surface area contributed by atoms with Crippen molar-refractivity contribution in [3.63, 3.8) is 0 Å². The second-order valence-electron chi connectivity index (χ2n) is 3.11. The summed E-state index contributed by atoms with van der Waals surface area (Å²) in [6.45, 7) is 0. The maximum atomic E-state index is 13.4. The van der Waals surface area contributed by atoms with Crippen molar-refractivity contribution in [1.82, 2.24) is 5.32 Å². The summed E-state index contributed by atoms with van der Waals surface area (Å²) in [7, 11) is 1.74. The first kappa shape index (κ1) is 13.9. The van der Waals surface area contributed by atoms with Gasteiger partial charge in [-0.15, -0.1) is 17.5 Å². The highest BCUT2D eigenvalue weighted by Gasteiger charge is 2.15. The molecule has 1 N–H and O–H groups in total. The van der Waals surface area contributed by atoms with Crippen LogP contribution in [0.1, 0.15) is 5.56 Å². The van der Waals surface area contributed by atoms with Gasteiger partial charge in [-0.1, -0.05) is 11.8 Å². The molecule has 0 aliphatic carbocycles. The Morgan fingerprint density at radius 2 is 2.06 bits per heavy atom. The Hall–Kier alpha value is -1.14. The molecule has 0 spiro atoms. The second-order valence-corrected chi connectivity index (χ2v) is 4.08. The van der Waals surface area contributed by atoms with Crippen molar-refractivity contribution in [3.05, 3.63) is 35.4 Å². The van der Waals surface area contributed by atoms with Gasteiger partial charge in [-0.2, -0.15) is 5.10 Å². The molecular formula is C10H10ClF2N3S. The molecule has 1 heterocycles. The van der Waals surface area contributed by atoms with Crippen LogP contribution in [0.4, 0.5) is 8.78 Å². The highest BCUT2D eigenvalue weighted by atomic mass is 35.5. The summed E-state index contributed by atoms with van der Waals surface area (Å²) in [6.07, 6.45) is 0. The van der Waals surface area contributed by atoms with Crippen LogP contribution in [0.3, 0.4) is 0 Å². The van der Waals surface area contributed by atoms with Gasteiger partial charge in [0.15, 0.2) is 5.17 Å². The zero-order chi connectivity index (χ0) is 11.5. The fraction of sp³-hybridized carbons (Fsp3) is 0.200. The molecule has 1 aliphatic heterocycles. The molecule has 1 aromatic rings. The Balaban J connectivity index is 0.00000144. The fourth-order valence-corrected chi connectivity index (χ4v) is 2.01. The summed E-state index contributed by atoms with van der Waals surface area (Å²) in [5.41, 5.74) is 0.814. The topological polar surface area (TPSA) is 36.8 Å². The van der Waals surface area contributed by atoms with Crippen molar-refractivity contribution in [2.75, 3.05) is 12.8 Å². The van der Waals surface area contributed by atoms with Gasteiger partial charge in [-0.05, 0) is 12.1 Å². The molecule has 0 radical (unpaired) electrons. The largest absolute Gasteiger partial charge is 0.366 e. The van der Waals surface area contributed by atoms with E-state index in [4.69, 9.17) is 0 Å². The molecule has 0 saturated carbocycles. The lowest BCUT2D eigenvalue weighted by Crippen LogP contribution is -2.20. The number of hydrogen-bond donors (Lipinski definition) is 1. The van der Waals surface area contributed by atoms with Crippen molar-refractivity contribution >= 4 is 35.0 Å². The van der Waals surface area contributed by atoms with E-state index in [2.05, 4.69) is 15.5 Å². The highest BCUT2D eigenvalue weighted by Crippen LogP contribution is 2.17. The molecule has 7 heteroatoms. The minimum atomic E-state index is -0.609. The third kappa shape index (κ3) is 3.17. The monoisotopic (exact) mass is 277 g/mol. The van der Waals surface area contributed by atoms with E-state index in [1.54, 1.807) is 7.05 Å². The summed E-state index contributed by atoms with van der Waals surface area (Å²) in [4.78, 5) is 0. The molecule has 1 aliphatic rings. The van der Waals surface area contributed by atoms with E-state index in [0.29, 0.717) is 22.2 Å². The molecule has 92 valence electrons. The first-order valence-electron chi connectivity index (χ1n) is 4.61. The molecule has 0 amide bonds. The molecule has 0 fully saturated rings. The van der Waals surface area contributed by atoms with Crippen LogP contribution in [-0.2, 0) is 0 Å². The molecule has 0 bridgehead atoms. The smallest absolute Gasteiger partial charge is 0.183 e. The Morgan fingerprint density at radius 3 is 2.59 bits per heavy atom. The van der Waals surface area contributed by atoms with Crippen LogP contribution in [0.25, 0.3) is 0 Å². The minimum Gasteiger partial charge on any atom is -0.366 e. The van der Waals surface area contributed by atoms with E-state index in [-0.39, 0.29) is 12.4 Å². The van der Waals surface area contributed by atoms with E-state index in [0.717, 1.165) is 6.07 Å². The number of thioether (sulfide) groups is 1. The van der Waals surface area contributed by atoms with E-state index in [1.165, 1.54) is 23.9 Å². The number of amidine groups is 1. The van der Waals surface area contributed by atoms with E-state index in [1.807, 2.05) is 0 Å². The van der Waals surface area contributed by atoms with Crippen molar-refractivity contribution in [3.8, 4) is 0 Å². The number of rotatable bonds is 1.